The molecule has 0 amide bonds. The summed E-state index contributed by atoms with van der Waals surface area (Å²) in [7, 11) is 0.400. The molecular weight excluding hydrogens is 248 g/mol. The van der Waals surface area contributed by atoms with Crippen LogP contribution in [-0.4, -0.2) is 64.1 Å². The highest BCUT2D eigenvalue weighted by Gasteiger charge is 2.48. The lowest BCUT2D eigenvalue weighted by molar-refractivity contribution is -0.0323. The molecule has 4 rings (SSSR count). The van der Waals surface area contributed by atoms with Crippen molar-refractivity contribution in [2.24, 2.45) is 0 Å². The topological polar surface area (TPSA) is 9.72 Å². The molecule has 5 heteroatoms. The third-order valence-electron chi connectivity index (χ3n) is 4.04. The van der Waals surface area contributed by atoms with Gasteiger partial charge in [0.05, 0.1) is 25.5 Å². The van der Waals surface area contributed by atoms with Crippen molar-refractivity contribution in [2.45, 2.75) is 44.5 Å². The van der Waals surface area contributed by atoms with Crippen LogP contribution >= 0.6 is 15.8 Å². The lowest BCUT2D eigenvalue weighted by Crippen LogP contribution is -2.65. The molecule has 4 fully saturated rings. The zero-order valence-corrected chi connectivity index (χ0v) is 13.3. The average molecular weight is 273 g/mol. The van der Waals surface area contributed by atoms with Crippen LogP contribution in [0.4, 0.5) is 0 Å². The predicted molar refractivity (Wildman–Crippen MR) is 77.8 cm³/mol. The van der Waals surface area contributed by atoms with Crippen LogP contribution in [0, 0.1) is 0 Å². The first-order valence-corrected chi connectivity index (χ1v) is 10.1. The molecule has 0 spiro atoms. The molecule has 4 bridgehead atoms. The normalized spacial score (nSPS) is 44.3. The highest BCUT2D eigenvalue weighted by atomic mass is 31.2. The van der Waals surface area contributed by atoms with Crippen molar-refractivity contribution < 1.29 is 0 Å². The Morgan fingerprint density at radius 1 is 0.941 bits per heavy atom. The van der Waals surface area contributed by atoms with Crippen molar-refractivity contribution in [3.05, 3.63) is 0 Å². The second-order valence-corrected chi connectivity index (χ2v) is 12.3. The Bertz CT molecular complexity index is 259. The Morgan fingerprint density at radius 3 is 1.88 bits per heavy atom. The highest BCUT2D eigenvalue weighted by Crippen LogP contribution is 2.68. The van der Waals surface area contributed by atoms with Crippen LogP contribution in [-0.2, 0) is 0 Å². The van der Waals surface area contributed by atoms with Gasteiger partial charge in [-0.15, -0.1) is 0 Å². The molecule has 0 saturated carbocycles. The van der Waals surface area contributed by atoms with Crippen molar-refractivity contribution in [2.75, 3.05) is 32.6 Å². The minimum atomic E-state index is 0.173. The van der Waals surface area contributed by atoms with Crippen molar-refractivity contribution >= 4 is 15.8 Å². The van der Waals surface area contributed by atoms with Gasteiger partial charge in [-0.1, -0.05) is 43.5 Å². The molecule has 3 atom stereocenters. The molecule has 17 heavy (non-hydrogen) atoms. The first kappa shape index (κ1) is 12.8. The van der Waals surface area contributed by atoms with E-state index < -0.39 is 0 Å². The Hall–Kier alpha value is 0.740. The summed E-state index contributed by atoms with van der Waals surface area (Å²) in [5.41, 5.74) is 2.74. The number of rotatable bonds is 3. The molecule has 0 aromatic carbocycles. The van der Waals surface area contributed by atoms with Crippen molar-refractivity contribution in [3.63, 3.8) is 0 Å². The van der Waals surface area contributed by atoms with Crippen molar-refractivity contribution in [1.29, 1.82) is 0 Å². The molecule has 3 nitrogen and oxygen atoms in total. The summed E-state index contributed by atoms with van der Waals surface area (Å²) in [5.74, 6) is 0. The van der Waals surface area contributed by atoms with Gasteiger partial charge in [-0.05, 0) is 11.3 Å². The van der Waals surface area contributed by atoms with E-state index >= 15 is 0 Å². The Kier molecular flexibility index (Phi) is 3.52. The minimum Gasteiger partial charge on any atom is -0.273 e. The quantitative estimate of drug-likeness (QED) is 0.732. The third kappa shape index (κ3) is 2.19. The van der Waals surface area contributed by atoms with Crippen LogP contribution in [0.3, 0.4) is 0 Å². The summed E-state index contributed by atoms with van der Waals surface area (Å²) in [6.45, 7) is 13.5. The molecule has 0 radical (unpaired) electrons. The van der Waals surface area contributed by atoms with E-state index in [1.165, 1.54) is 32.6 Å². The van der Waals surface area contributed by atoms with Crippen LogP contribution < -0.4 is 0 Å². The predicted octanol–water partition coefficient (Wildman–Crippen LogP) is 2.78. The minimum absolute atomic E-state index is 0.173. The molecule has 4 aliphatic heterocycles. The Labute approximate surface area is 108 Å². The third-order valence-corrected chi connectivity index (χ3v) is 11.6. The maximum atomic E-state index is 2.80. The second kappa shape index (κ2) is 4.69. The Morgan fingerprint density at radius 2 is 1.47 bits per heavy atom. The fourth-order valence-electron chi connectivity index (χ4n) is 3.70. The summed E-state index contributed by atoms with van der Waals surface area (Å²) >= 11 is 0. The molecule has 4 saturated heterocycles. The van der Waals surface area contributed by atoms with Crippen molar-refractivity contribution in [3.8, 4) is 0 Å². The van der Waals surface area contributed by atoms with Gasteiger partial charge in [-0.25, -0.2) is 0 Å². The molecule has 0 N–H and O–H groups in total. The van der Waals surface area contributed by atoms with E-state index in [4.69, 9.17) is 0 Å². The summed E-state index contributed by atoms with van der Waals surface area (Å²) in [4.78, 5) is 8.11. The molecule has 0 aliphatic carbocycles. The van der Waals surface area contributed by atoms with E-state index in [1.54, 1.807) is 0 Å². The van der Waals surface area contributed by atoms with E-state index in [1.807, 2.05) is 0 Å². The van der Waals surface area contributed by atoms with Crippen LogP contribution in [0.1, 0.15) is 27.7 Å². The fourth-order valence-corrected chi connectivity index (χ4v) is 12.4. The summed E-state index contributed by atoms with van der Waals surface area (Å²) in [5, 5.41) is 0. The Balaban J connectivity index is 1.83. The van der Waals surface area contributed by atoms with Gasteiger partial charge in [-0.2, -0.15) is 0 Å². The lowest BCUT2D eigenvalue weighted by Gasteiger charge is -2.61. The standard InChI is InChI=1S/C12H25N3P2/c1-10(2)17(11(3)4)12-15-6-13-5-14(7-15)9-16(12)8-13/h10-12H,5-9H2,1-4H3. The van der Waals surface area contributed by atoms with Crippen LogP contribution in [0.5, 0.6) is 0 Å². The molecule has 0 aromatic heterocycles. The zero-order valence-electron chi connectivity index (χ0n) is 11.5. The molecule has 0 aromatic rings. The number of hydrogen-bond acceptors (Lipinski definition) is 3. The number of nitrogens with zero attached hydrogens (tertiary/aromatic N) is 3. The lowest BCUT2D eigenvalue weighted by atomic mass is 10.5. The molecule has 3 unspecified atom stereocenters. The fraction of sp³-hybridized carbons (Fsp3) is 1.00. The van der Waals surface area contributed by atoms with Gasteiger partial charge in [0, 0.05) is 12.6 Å². The van der Waals surface area contributed by atoms with E-state index in [2.05, 4.69) is 42.4 Å². The number of hydrogen-bond donors (Lipinski definition) is 0. The van der Waals surface area contributed by atoms with Gasteiger partial charge < -0.3 is 0 Å². The van der Waals surface area contributed by atoms with E-state index in [0.717, 1.165) is 16.8 Å². The van der Waals surface area contributed by atoms with Crippen LogP contribution in [0.15, 0.2) is 0 Å². The maximum Gasteiger partial charge on any atom is 0.0546 e. The molecule has 4 heterocycles. The van der Waals surface area contributed by atoms with Gasteiger partial charge in [0.25, 0.3) is 0 Å². The maximum absolute atomic E-state index is 2.80. The second-order valence-electron chi connectivity index (χ2n) is 6.21. The summed E-state index contributed by atoms with van der Waals surface area (Å²) < 4.78 is 0. The zero-order chi connectivity index (χ0) is 12.2. The monoisotopic (exact) mass is 273 g/mol. The van der Waals surface area contributed by atoms with Crippen molar-refractivity contribution in [1.82, 2.24) is 14.7 Å². The average Bonchev–Trinajstić information content (AvgIpc) is 2.20. The molecular formula is C12H25N3P2. The van der Waals surface area contributed by atoms with E-state index in [-0.39, 0.29) is 15.8 Å². The van der Waals surface area contributed by atoms with E-state index in [0.29, 0.717) is 0 Å². The van der Waals surface area contributed by atoms with Crippen LogP contribution in [0.25, 0.3) is 0 Å². The summed E-state index contributed by atoms with van der Waals surface area (Å²) in [6, 6.07) is 0. The van der Waals surface area contributed by atoms with E-state index in [9.17, 15) is 0 Å². The largest absolute Gasteiger partial charge is 0.273 e. The summed E-state index contributed by atoms with van der Waals surface area (Å²) in [6.07, 6.45) is 2.84. The van der Waals surface area contributed by atoms with Gasteiger partial charge in [-0.3, -0.25) is 14.7 Å². The first-order chi connectivity index (χ1) is 8.06. The van der Waals surface area contributed by atoms with Gasteiger partial charge in [0.2, 0.25) is 0 Å². The molecule has 4 aliphatic rings. The highest BCUT2D eigenvalue weighted by molar-refractivity contribution is 7.76. The van der Waals surface area contributed by atoms with Gasteiger partial charge in [0.1, 0.15) is 0 Å². The van der Waals surface area contributed by atoms with Gasteiger partial charge in [0.15, 0.2) is 0 Å². The van der Waals surface area contributed by atoms with Gasteiger partial charge >= 0.3 is 0 Å². The molecule has 98 valence electrons. The smallest absolute Gasteiger partial charge is 0.0546 e. The SMILES string of the molecule is CC(C)P(C(C)C)C1N2CN3CN(C2)CP1C3. The first-order valence-electron chi connectivity index (χ1n) is 6.76. The van der Waals surface area contributed by atoms with Crippen LogP contribution in [0.2, 0.25) is 0 Å².